The lowest BCUT2D eigenvalue weighted by Crippen LogP contribution is -2.49. The van der Waals surface area contributed by atoms with Crippen molar-refractivity contribution in [3.8, 4) is 0 Å². The molecule has 9 nitrogen and oxygen atoms in total. The van der Waals surface area contributed by atoms with Gasteiger partial charge in [0.1, 0.15) is 12.4 Å². The molecule has 0 saturated carbocycles. The van der Waals surface area contributed by atoms with Gasteiger partial charge in [0.2, 0.25) is 0 Å². The molecule has 1 amide bonds. The van der Waals surface area contributed by atoms with Gasteiger partial charge in [-0.3, -0.25) is 0 Å². The number of carbonyl (C=O) groups is 1. The lowest BCUT2D eigenvalue weighted by atomic mass is 10.1. The summed E-state index contributed by atoms with van der Waals surface area (Å²) >= 11 is 0. The van der Waals surface area contributed by atoms with Gasteiger partial charge in [-0.05, 0) is 33.1 Å². The molecule has 2 N–H and O–H groups in total. The van der Waals surface area contributed by atoms with E-state index in [1.165, 1.54) is 0 Å². The number of aliphatic imine (C=N–C) groups is 1. The van der Waals surface area contributed by atoms with Crippen LogP contribution in [0.3, 0.4) is 0 Å². The van der Waals surface area contributed by atoms with Crippen molar-refractivity contribution >= 4 is 12.1 Å². The Bertz CT molecular complexity index is 635. The van der Waals surface area contributed by atoms with E-state index in [2.05, 4.69) is 37.3 Å². The van der Waals surface area contributed by atoms with Gasteiger partial charge in [0, 0.05) is 38.6 Å². The highest BCUT2D eigenvalue weighted by Crippen LogP contribution is 2.15. The quantitative estimate of drug-likeness (QED) is 0.596. The predicted molar refractivity (Wildman–Crippen MR) is 97.9 cm³/mol. The normalized spacial score (nSPS) is 17.9. The average Bonchev–Trinajstić information content (AvgIpc) is 3.25. The second-order valence-corrected chi connectivity index (χ2v) is 6.59. The largest absolute Gasteiger partial charge is 0.450 e. The van der Waals surface area contributed by atoms with Gasteiger partial charge in [0.15, 0.2) is 11.8 Å². The van der Waals surface area contributed by atoms with Crippen molar-refractivity contribution in [1.82, 2.24) is 30.3 Å². The van der Waals surface area contributed by atoms with Crippen LogP contribution in [0.1, 0.15) is 44.8 Å². The number of fused-ring (bicyclic) bond motifs is 1. The van der Waals surface area contributed by atoms with E-state index in [0.29, 0.717) is 32.3 Å². The fourth-order valence-corrected chi connectivity index (χ4v) is 3.41. The summed E-state index contributed by atoms with van der Waals surface area (Å²) in [6.07, 6.45) is 3.69. The lowest BCUT2D eigenvalue weighted by molar-refractivity contribution is 0.0963. The average molecular weight is 363 g/mol. The highest BCUT2D eigenvalue weighted by molar-refractivity contribution is 5.80. The maximum Gasteiger partial charge on any atom is 0.409 e. The number of ether oxygens (including phenoxy) is 1. The highest BCUT2D eigenvalue weighted by atomic mass is 16.6. The molecule has 0 atom stereocenters. The molecule has 2 aliphatic heterocycles. The van der Waals surface area contributed by atoms with Crippen LogP contribution in [0.4, 0.5) is 4.79 Å². The summed E-state index contributed by atoms with van der Waals surface area (Å²) in [4.78, 5) is 18.2. The topological polar surface area (TPSA) is 96.7 Å². The Kier molecular flexibility index (Phi) is 6.30. The minimum Gasteiger partial charge on any atom is -0.450 e. The number of aromatic nitrogens is 3. The molecule has 0 radical (unpaired) electrons. The van der Waals surface area contributed by atoms with Crippen LogP contribution < -0.4 is 10.6 Å². The molecular weight excluding hydrogens is 334 g/mol. The maximum atomic E-state index is 11.8. The summed E-state index contributed by atoms with van der Waals surface area (Å²) in [5.41, 5.74) is 0. The van der Waals surface area contributed by atoms with E-state index in [0.717, 1.165) is 56.4 Å². The zero-order chi connectivity index (χ0) is 18.4. The fraction of sp³-hybridized carbons (Fsp3) is 0.765. The Hall–Kier alpha value is -2.32. The van der Waals surface area contributed by atoms with Crippen LogP contribution in [0.5, 0.6) is 0 Å². The van der Waals surface area contributed by atoms with Crippen molar-refractivity contribution in [2.75, 3.05) is 26.2 Å². The third kappa shape index (κ3) is 4.44. The SMILES string of the molecule is CCNC(=NCc1nnc2n1CCC2)NC1CCN(C(=O)OCC)CC1. The number of carbonyl (C=O) groups excluding carboxylic acids is 1. The van der Waals surface area contributed by atoms with E-state index in [9.17, 15) is 4.79 Å². The molecule has 144 valence electrons. The molecule has 9 heteroatoms. The van der Waals surface area contributed by atoms with Crippen LogP contribution in [0.2, 0.25) is 0 Å². The molecule has 0 bridgehead atoms. The standard InChI is InChI=1S/C17H29N7O2/c1-3-18-16(19-12-15-22-21-14-6-5-9-24(14)15)20-13-7-10-23(11-8-13)17(25)26-4-2/h13H,3-12H2,1-2H3,(H2,18,19,20). The van der Waals surface area contributed by atoms with Gasteiger partial charge >= 0.3 is 6.09 Å². The van der Waals surface area contributed by atoms with Gasteiger partial charge in [-0.1, -0.05) is 0 Å². The van der Waals surface area contributed by atoms with E-state index in [-0.39, 0.29) is 6.09 Å². The van der Waals surface area contributed by atoms with Gasteiger partial charge in [-0.2, -0.15) is 0 Å². The van der Waals surface area contributed by atoms with Crippen LogP contribution in [0, 0.1) is 0 Å². The molecule has 3 rings (SSSR count). The summed E-state index contributed by atoms with van der Waals surface area (Å²) < 4.78 is 7.24. The third-order valence-electron chi connectivity index (χ3n) is 4.77. The summed E-state index contributed by atoms with van der Waals surface area (Å²) in [5, 5.41) is 15.3. The smallest absolute Gasteiger partial charge is 0.409 e. The molecule has 3 heterocycles. The number of aryl methyl sites for hydroxylation is 1. The van der Waals surface area contributed by atoms with Crippen LogP contribution in [0.15, 0.2) is 4.99 Å². The number of hydrogen-bond donors (Lipinski definition) is 2. The fourth-order valence-electron chi connectivity index (χ4n) is 3.41. The van der Waals surface area contributed by atoms with Crippen LogP contribution >= 0.6 is 0 Å². The van der Waals surface area contributed by atoms with E-state index >= 15 is 0 Å². The van der Waals surface area contributed by atoms with E-state index in [1.54, 1.807) is 4.90 Å². The second-order valence-electron chi connectivity index (χ2n) is 6.59. The molecule has 1 aromatic heterocycles. The van der Waals surface area contributed by atoms with Crippen LogP contribution in [-0.2, 0) is 24.2 Å². The van der Waals surface area contributed by atoms with Crippen molar-refractivity contribution in [3.05, 3.63) is 11.6 Å². The molecule has 0 unspecified atom stereocenters. The third-order valence-corrected chi connectivity index (χ3v) is 4.77. The van der Waals surface area contributed by atoms with Gasteiger partial charge in [0.25, 0.3) is 0 Å². The first-order valence-electron chi connectivity index (χ1n) is 9.58. The monoisotopic (exact) mass is 363 g/mol. The Morgan fingerprint density at radius 1 is 1.27 bits per heavy atom. The Balaban J connectivity index is 1.53. The van der Waals surface area contributed by atoms with Crippen molar-refractivity contribution in [2.45, 2.75) is 58.7 Å². The zero-order valence-electron chi connectivity index (χ0n) is 15.7. The van der Waals surface area contributed by atoms with Crippen LogP contribution in [0.25, 0.3) is 0 Å². The zero-order valence-corrected chi connectivity index (χ0v) is 15.7. The first-order valence-corrected chi connectivity index (χ1v) is 9.58. The number of nitrogens with zero attached hydrogens (tertiary/aromatic N) is 5. The molecule has 0 spiro atoms. The van der Waals surface area contributed by atoms with Crippen molar-refractivity contribution in [2.24, 2.45) is 4.99 Å². The number of guanidine groups is 1. The number of piperidine rings is 1. The van der Waals surface area contributed by atoms with E-state index in [4.69, 9.17) is 4.74 Å². The molecule has 2 aliphatic rings. The molecular formula is C17H29N7O2. The summed E-state index contributed by atoms with van der Waals surface area (Å²) in [6, 6.07) is 0.294. The van der Waals surface area contributed by atoms with Crippen molar-refractivity contribution in [1.29, 1.82) is 0 Å². The van der Waals surface area contributed by atoms with Crippen molar-refractivity contribution < 1.29 is 9.53 Å². The molecule has 1 fully saturated rings. The number of likely N-dealkylation sites (tertiary alicyclic amines) is 1. The van der Waals surface area contributed by atoms with Gasteiger partial charge < -0.3 is 24.8 Å². The molecule has 26 heavy (non-hydrogen) atoms. The van der Waals surface area contributed by atoms with Crippen LogP contribution in [-0.4, -0.2) is 64.0 Å². The summed E-state index contributed by atoms with van der Waals surface area (Å²) in [5.74, 6) is 2.78. The van der Waals surface area contributed by atoms with E-state index in [1.807, 2.05) is 6.92 Å². The molecule has 1 aromatic rings. The van der Waals surface area contributed by atoms with Gasteiger partial charge in [-0.25, -0.2) is 9.79 Å². The number of hydrogen-bond acceptors (Lipinski definition) is 5. The van der Waals surface area contributed by atoms with Gasteiger partial charge in [-0.15, -0.1) is 10.2 Å². The molecule has 0 aliphatic carbocycles. The number of amides is 1. The number of nitrogens with one attached hydrogen (secondary N) is 2. The molecule has 0 aromatic carbocycles. The van der Waals surface area contributed by atoms with Gasteiger partial charge in [0.05, 0.1) is 6.61 Å². The Labute approximate surface area is 154 Å². The maximum absolute atomic E-state index is 11.8. The minimum absolute atomic E-state index is 0.216. The second kappa shape index (κ2) is 8.86. The lowest BCUT2D eigenvalue weighted by Gasteiger charge is -2.32. The minimum atomic E-state index is -0.216. The molecule has 1 saturated heterocycles. The van der Waals surface area contributed by atoms with Crippen molar-refractivity contribution in [3.63, 3.8) is 0 Å². The first kappa shape index (κ1) is 18.5. The Morgan fingerprint density at radius 3 is 2.81 bits per heavy atom. The van der Waals surface area contributed by atoms with E-state index < -0.39 is 0 Å². The first-order chi connectivity index (χ1) is 12.7. The Morgan fingerprint density at radius 2 is 2.08 bits per heavy atom. The number of rotatable bonds is 5. The summed E-state index contributed by atoms with van der Waals surface area (Å²) in [7, 11) is 0. The highest BCUT2D eigenvalue weighted by Gasteiger charge is 2.24. The predicted octanol–water partition coefficient (Wildman–Crippen LogP) is 0.900. The summed E-state index contributed by atoms with van der Waals surface area (Å²) in [6.45, 7) is 8.01.